The van der Waals surface area contributed by atoms with Crippen LogP contribution in [0.1, 0.15) is 36.8 Å². The molecule has 3 rings (SSSR count). The van der Waals surface area contributed by atoms with E-state index in [0.29, 0.717) is 0 Å². The van der Waals surface area contributed by atoms with Crippen LogP contribution in [0.2, 0.25) is 0 Å². The number of H-pyrrole nitrogens is 1. The monoisotopic (exact) mass is 265 g/mol. The molecule has 1 amide bonds. The van der Waals surface area contributed by atoms with Crippen LogP contribution in [0.4, 0.5) is 5.82 Å². The lowest BCUT2D eigenvalue weighted by Crippen LogP contribution is -2.32. The summed E-state index contributed by atoms with van der Waals surface area (Å²) in [5.41, 5.74) is -1.21. The summed E-state index contributed by atoms with van der Waals surface area (Å²) in [6, 6.07) is -0.0259. The molecule has 8 nitrogen and oxygen atoms in total. The van der Waals surface area contributed by atoms with Gasteiger partial charge in [0.1, 0.15) is 5.82 Å². The first kappa shape index (κ1) is 11.7. The van der Waals surface area contributed by atoms with Crippen molar-refractivity contribution in [2.24, 2.45) is 0 Å². The molecule has 2 aliphatic rings. The zero-order valence-electron chi connectivity index (χ0n) is 9.80. The van der Waals surface area contributed by atoms with Crippen molar-refractivity contribution in [1.29, 1.82) is 0 Å². The molecule has 1 fully saturated rings. The number of carbonyl (C=O) groups excluding carboxylic acids is 1. The minimum atomic E-state index is -1.17. The Morgan fingerprint density at radius 2 is 2.00 bits per heavy atom. The molecule has 0 aromatic carbocycles. The number of carboxylic acids is 1. The third-order valence-corrected chi connectivity index (χ3v) is 3.38. The highest BCUT2D eigenvalue weighted by atomic mass is 16.4. The molecule has 100 valence electrons. The molecule has 19 heavy (non-hydrogen) atoms. The van der Waals surface area contributed by atoms with Crippen molar-refractivity contribution in [2.75, 3.05) is 5.32 Å². The highest BCUT2D eigenvalue weighted by molar-refractivity contribution is 6.03. The largest absolute Gasteiger partial charge is 0.481 e. The number of anilines is 1. The minimum absolute atomic E-state index is 0.0259. The second-order valence-corrected chi connectivity index (χ2v) is 4.76. The van der Waals surface area contributed by atoms with E-state index in [4.69, 9.17) is 5.11 Å². The molecule has 1 aliphatic carbocycles. The Balaban J connectivity index is 2.20. The number of rotatable bonds is 3. The maximum atomic E-state index is 11.8. The first-order valence-electron chi connectivity index (χ1n) is 5.90. The van der Waals surface area contributed by atoms with Crippen molar-refractivity contribution in [3.05, 3.63) is 26.4 Å². The quantitative estimate of drug-likeness (QED) is 0.672. The Kier molecular flexibility index (Phi) is 2.34. The summed E-state index contributed by atoms with van der Waals surface area (Å²) in [6.07, 6.45) is 1.14. The van der Waals surface area contributed by atoms with Crippen LogP contribution in [-0.2, 0) is 9.59 Å². The first-order chi connectivity index (χ1) is 8.99. The van der Waals surface area contributed by atoms with Gasteiger partial charge >= 0.3 is 11.7 Å². The van der Waals surface area contributed by atoms with Gasteiger partial charge in [0.25, 0.3) is 5.56 Å². The molecule has 1 aromatic rings. The second kappa shape index (κ2) is 3.81. The lowest BCUT2D eigenvalue weighted by molar-refractivity contribution is -0.138. The van der Waals surface area contributed by atoms with Crippen molar-refractivity contribution in [2.45, 2.75) is 31.2 Å². The van der Waals surface area contributed by atoms with Gasteiger partial charge in [-0.3, -0.25) is 23.9 Å². The Labute approximate surface area is 106 Å². The predicted octanol–water partition coefficient (Wildman–Crippen LogP) is -0.618. The summed E-state index contributed by atoms with van der Waals surface area (Å²) in [6.45, 7) is 0. The average Bonchev–Trinajstić information content (AvgIpc) is 3.05. The average molecular weight is 265 g/mol. The zero-order chi connectivity index (χ0) is 13.7. The number of nitrogens with zero attached hydrogens (tertiary/aromatic N) is 1. The van der Waals surface area contributed by atoms with Gasteiger partial charge in [0.05, 0.1) is 17.9 Å². The number of carbonyl (C=O) groups is 2. The molecule has 1 aromatic heterocycles. The van der Waals surface area contributed by atoms with Crippen LogP contribution in [0.25, 0.3) is 0 Å². The lowest BCUT2D eigenvalue weighted by atomic mass is 10.00. The molecule has 3 N–H and O–H groups in total. The van der Waals surface area contributed by atoms with Gasteiger partial charge in [-0.1, -0.05) is 0 Å². The lowest BCUT2D eigenvalue weighted by Gasteiger charge is -2.09. The normalized spacial score (nSPS) is 21.1. The highest BCUT2D eigenvalue weighted by Gasteiger charge is 2.40. The number of aromatic nitrogens is 2. The van der Waals surface area contributed by atoms with E-state index in [9.17, 15) is 19.2 Å². The molecule has 1 saturated carbocycles. The van der Waals surface area contributed by atoms with E-state index in [2.05, 4.69) is 10.3 Å². The molecular weight excluding hydrogens is 254 g/mol. The molecule has 0 saturated heterocycles. The van der Waals surface area contributed by atoms with E-state index >= 15 is 0 Å². The van der Waals surface area contributed by atoms with E-state index in [1.54, 1.807) is 0 Å². The van der Waals surface area contributed by atoms with Crippen LogP contribution < -0.4 is 16.6 Å². The molecule has 0 radical (unpaired) electrons. The van der Waals surface area contributed by atoms with Gasteiger partial charge in [-0.2, -0.15) is 0 Å². The van der Waals surface area contributed by atoms with Crippen LogP contribution in [0.3, 0.4) is 0 Å². The van der Waals surface area contributed by atoms with Crippen LogP contribution in [-0.4, -0.2) is 26.5 Å². The van der Waals surface area contributed by atoms with Crippen molar-refractivity contribution in [3.63, 3.8) is 0 Å². The van der Waals surface area contributed by atoms with E-state index in [1.807, 2.05) is 0 Å². The molecule has 0 spiro atoms. The van der Waals surface area contributed by atoms with Crippen LogP contribution >= 0.6 is 0 Å². The van der Waals surface area contributed by atoms with Gasteiger partial charge in [-0.05, 0) is 12.8 Å². The number of amides is 1. The number of fused-ring (bicyclic) bond motifs is 1. The Bertz CT molecular complexity index is 697. The highest BCUT2D eigenvalue weighted by Crippen LogP contribution is 2.39. The van der Waals surface area contributed by atoms with Crippen LogP contribution in [0.5, 0.6) is 0 Å². The third-order valence-electron chi connectivity index (χ3n) is 3.38. The van der Waals surface area contributed by atoms with Gasteiger partial charge in [0.15, 0.2) is 0 Å². The van der Waals surface area contributed by atoms with Crippen molar-refractivity contribution < 1.29 is 14.7 Å². The molecule has 1 aliphatic heterocycles. The predicted molar refractivity (Wildman–Crippen MR) is 63.2 cm³/mol. The second-order valence-electron chi connectivity index (χ2n) is 4.76. The number of hydrogen-bond donors (Lipinski definition) is 3. The Morgan fingerprint density at radius 1 is 1.32 bits per heavy atom. The number of hydrogen-bond acceptors (Lipinski definition) is 4. The molecule has 1 atom stereocenters. The van der Waals surface area contributed by atoms with Crippen LogP contribution in [0, 0.1) is 0 Å². The maximum Gasteiger partial charge on any atom is 0.330 e. The van der Waals surface area contributed by atoms with Crippen LogP contribution in [0.15, 0.2) is 9.59 Å². The molecule has 0 bridgehead atoms. The molecule has 2 heterocycles. The summed E-state index contributed by atoms with van der Waals surface area (Å²) < 4.78 is 1.34. The van der Waals surface area contributed by atoms with E-state index in [-0.39, 0.29) is 17.4 Å². The number of aromatic amines is 1. The number of nitrogens with one attached hydrogen (secondary N) is 2. The molecule has 0 unspecified atom stereocenters. The Hall–Kier alpha value is -2.38. The van der Waals surface area contributed by atoms with Crippen molar-refractivity contribution in [1.82, 2.24) is 9.55 Å². The summed E-state index contributed by atoms with van der Waals surface area (Å²) in [5, 5.41) is 11.3. The standard InChI is InChI=1S/C11H11N3O5/c15-6(16)3-5-7-8(12-9(5)17)14(4-1-2-4)11(19)13-10(7)18/h4-5H,1-3H2,(H,12,17)(H,15,16)(H,13,18,19)/t5-/m0/s1. The topological polar surface area (TPSA) is 121 Å². The number of carboxylic acid groups (broad SMARTS) is 1. The maximum absolute atomic E-state index is 11.8. The zero-order valence-corrected chi connectivity index (χ0v) is 9.80. The fraction of sp³-hybridized carbons (Fsp3) is 0.455. The van der Waals surface area contributed by atoms with E-state index in [1.165, 1.54) is 4.57 Å². The number of aliphatic carboxylic acids is 1. The van der Waals surface area contributed by atoms with E-state index in [0.717, 1.165) is 12.8 Å². The van der Waals surface area contributed by atoms with Gasteiger partial charge in [0, 0.05) is 6.04 Å². The smallest absolute Gasteiger partial charge is 0.330 e. The summed E-state index contributed by atoms with van der Waals surface area (Å²) in [7, 11) is 0. The molecular formula is C11H11N3O5. The first-order valence-corrected chi connectivity index (χ1v) is 5.90. The minimum Gasteiger partial charge on any atom is -0.481 e. The summed E-state index contributed by atoms with van der Waals surface area (Å²) in [5.74, 6) is -2.60. The van der Waals surface area contributed by atoms with Gasteiger partial charge in [-0.25, -0.2) is 4.79 Å². The van der Waals surface area contributed by atoms with Gasteiger partial charge in [-0.15, -0.1) is 0 Å². The van der Waals surface area contributed by atoms with Crippen molar-refractivity contribution in [3.8, 4) is 0 Å². The van der Waals surface area contributed by atoms with Gasteiger partial charge < -0.3 is 10.4 Å². The third kappa shape index (κ3) is 1.76. The fourth-order valence-electron chi connectivity index (χ4n) is 2.40. The fourth-order valence-corrected chi connectivity index (χ4v) is 2.40. The van der Waals surface area contributed by atoms with Gasteiger partial charge in [0.2, 0.25) is 5.91 Å². The Morgan fingerprint density at radius 3 is 2.58 bits per heavy atom. The van der Waals surface area contributed by atoms with E-state index < -0.39 is 35.5 Å². The molecule has 8 heteroatoms. The summed E-state index contributed by atoms with van der Waals surface area (Å²) in [4.78, 5) is 48.3. The SMILES string of the molecule is O=C(O)C[C@@H]1C(=O)Nc2c1c(=O)[nH]c(=O)n2C1CC1. The van der Waals surface area contributed by atoms with Crippen molar-refractivity contribution >= 4 is 17.7 Å². The summed E-state index contributed by atoms with van der Waals surface area (Å²) >= 11 is 0.